The lowest BCUT2D eigenvalue weighted by molar-refractivity contribution is -0.0504. The summed E-state index contributed by atoms with van der Waals surface area (Å²) in [5, 5.41) is 0.0817. The topological polar surface area (TPSA) is 9.23 Å². The summed E-state index contributed by atoms with van der Waals surface area (Å²) >= 11 is 18.1. The molecule has 2 aromatic carbocycles. The molecule has 0 saturated carbocycles. The van der Waals surface area contributed by atoms with Crippen LogP contribution < -0.4 is 4.74 Å². The number of ether oxygens (including phenoxy) is 1. The molecular weight excluding hydrogens is 329 g/mol. The quantitative estimate of drug-likeness (QED) is 0.629. The second kappa shape index (κ2) is 6.61. The average molecular weight is 338 g/mol. The summed E-state index contributed by atoms with van der Waals surface area (Å²) in [5.41, 5.74) is 1.08. The number of hydrogen-bond donors (Lipinski definition) is 0. The van der Waals surface area contributed by atoms with Gasteiger partial charge in [0.1, 0.15) is 5.75 Å². The average Bonchev–Trinajstić information content (AvgIpc) is 2.41. The van der Waals surface area contributed by atoms with Crippen LogP contribution in [0.3, 0.4) is 0 Å². The number of para-hydroxylation sites is 1. The van der Waals surface area contributed by atoms with Gasteiger partial charge in [0.15, 0.2) is 0 Å². The Bertz CT molecular complexity index is 605. The first kappa shape index (κ1) is 15.4. The third-order valence-corrected chi connectivity index (χ3v) is 3.87. The minimum atomic E-state index is -2.91. The van der Waals surface area contributed by atoms with Crippen molar-refractivity contribution in [1.82, 2.24) is 0 Å². The van der Waals surface area contributed by atoms with Gasteiger partial charge in [0, 0.05) is 5.56 Å². The van der Waals surface area contributed by atoms with Gasteiger partial charge in [0.25, 0.3) is 0 Å². The summed E-state index contributed by atoms with van der Waals surface area (Å²) in [6.45, 7) is -2.91. The van der Waals surface area contributed by atoms with Gasteiger partial charge >= 0.3 is 6.61 Å². The van der Waals surface area contributed by atoms with Crippen LogP contribution >= 0.6 is 34.8 Å². The highest BCUT2D eigenvalue weighted by molar-refractivity contribution is 6.42. The fourth-order valence-corrected chi connectivity index (χ4v) is 2.37. The third kappa shape index (κ3) is 3.54. The highest BCUT2D eigenvalue weighted by Crippen LogP contribution is 2.37. The van der Waals surface area contributed by atoms with Crippen molar-refractivity contribution in [2.75, 3.05) is 0 Å². The van der Waals surface area contributed by atoms with E-state index in [4.69, 9.17) is 34.8 Å². The highest BCUT2D eigenvalue weighted by atomic mass is 35.5. The summed E-state index contributed by atoms with van der Waals surface area (Å²) in [6.07, 6.45) is 0. The predicted molar refractivity (Wildman–Crippen MR) is 77.2 cm³/mol. The van der Waals surface area contributed by atoms with E-state index in [2.05, 4.69) is 4.74 Å². The lowest BCUT2D eigenvalue weighted by Crippen LogP contribution is -2.05. The Morgan fingerprint density at radius 2 is 1.65 bits per heavy atom. The summed E-state index contributed by atoms with van der Waals surface area (Å²) in [4.78, 5) is 0. The fraction of sp³-hybridized carbons (Fsp3) is 0.143. The van der Waals surface area contributed by atoms with E-state index in [9.17, 15) is 8.78 Å². The van der Waals surface area contributed by atoms with Gasteiger partial charge in [-0.25, -0.2) is 0 Å². The van der Waals surface area contributed by atoms with Gasteiger partial charge in [0.05, 0.1) is 15.4 Å². The zero-order valence-electron chi connectivity index (χ0n) is 9.99. The Balaban J connectivity index is 2.37. The SMILES string of the molecule is FC(F)Oc1ccccc1C(Cl)c1ccc(Cl)c(Cl)c1. The molecule has 0 aliphatic rings. The maximum absolute atomic E-state index is 12.4. The Kier molecular flexibility index (Phi) is 5.08. The maximum Gasteiger partial charge on any atom is 0.387 e. The predicted octanol–water partition coefficient (Wildman–Crippen LogP) is 5.92. The molecule has 0 fully saturated rings. The van der Waals surface area contributed by atoms with Gasteiger partial charge in [-0.1, -0.05) is 47.5 Å². The van der Waals surface area contributed by atoms with E-state index in [0.29, 0.717) is 21.2 Å². The van der Waals surface area contributed by atoms with Crippen LogP contribution in [0.4, 0.5) is 8.78 Å². The smallest absolute Gasteiger partial charge is 0.387 e. The molecule has 0 amide bonds. The van der Waals surface area contributed by atoms with Crippen molar-refractivity contribution in [2.45, 2.75) is 12.0 Å². The van der Waals surface area contributed by atoms with Gasteiger partial charge in [-0.3, -0.25) is 0 Å². The van der Waals surface area contributed by atoms with E-state index in [1.54, 1.807) is 36.4 Å². The zero-order valence-corrected chi connectivity index (χ0v) is 12.3. The van der Waals surface area contributed by atoms with Crippen LogP contribution in [0.2, 0.25) is 10.0 Å². The van der Waals surface area contributed by atoms with Crippen LogP contribution in [0.5, 0.6) is 5.75 Å². The molecular formula is C14H9Cl3F2O. The van der Waals surface area contributed by atoms with Crippen LogP contribution in [0.25, 0.3) is 0 Å². The Morgan fingerprint density at radius 1 is 0.950 bits per heavy atom. The number of alkyl halides is 3. The van der Waals surface area contributed by atoms with Gasteiger partial charge < -0.3 is 4.74 Å². The van der Waals surface area contributed by atoms with E-state index in [-0.39, 0.29) is 5.75 Å². The normalized spacial score (nSPS) is 12.5. The standard InChI is InChI=1S/C14H9Cl3F2O/c15-10-6-5-8(7-11(10)16)13(17)9-3-1-2-4-12(9)20-14(18)19/h1-7,13-14H. The minimum absolute atomic E-state index is 0.0357. The van der Waals surface area contributed by atoms with E-state index in [0.717, 1.165) is 0 Å². The minimum Gasteiger partial charge on any atom is -0.434 e. The molecule has 6 heteroatoms. The van der Waals surface area contributed by atoms with Crippen molar-refractivity contribution in [3.8, 4) is 5.75 Å². The van der Waals surface area contributed by atoms with Crippen molar-refractivity contribution in [3.63, 3.8) is 0 Å². The molecule has 2 aromatic rings. The zero-order chi connectivity index (χ0) is 14.7. The van der Waals surface area contributed by atoms with Gasteiger partial charge in [-0.05, 0) is 23.8 Å². The van der Waals surface area contributed by atoms with Crippen LogP contribution in [0.15, 0.2) is 42.5 Å². The van der Waals surface area contributed by atoms with Crippen molar-refractivity contribution in [1.29, 1.82) is 0 Å². The summed E-state index contributed by atoms with van der Waals surface area (Å²) < 4.78 is 29.2. The van der Waals surface area contributed by atoms with E-state index in [1.807, 2.05) is 0 Å². The van der Waals surface area contributed by atoms with Crippen LogP contribution in [-0.2, 0) is 0 Å². The van der Waals surface area contributed by atoms with Crippen molar-refractivity contribution in [2.24, 2.45) is 0 Å². The first-order chi connectivity index (χ1) is 9.49. The molecule has 0 bridgehead atoms. The molecule has 0 aliphatic carbocycles. The third-order valence-electron chi connectivity index (χ3n) is 2.64. The lowest BCUT2D eigenvalue weighted by atomic mass is 10.0. The molecule has 1 unspecified atom stereocenters. The Morgan fingerprint density at radius 3 is 2.30 bits per heavy atom. The van der Waals surface area contributed by atoms with Crippen molar-refractivity contribution >= 4 is 34.8 Å². The second-order valence-corrected chi connectivity index (χ2v) is 5.20. The molecule has 0 heterocycles. The molecule has 2 rings (SSSR count). The monoisotopic (exact) mass is 336 g/mol. The molecule has 0 saturated heterocycles. The van der Waals surface area contributed by atoms with Gasteiger partial charge in [-0.2, -0.15) is 8.78 Å². The Labute approximate surface area is 130 Å². The fourth-order valence-electron chi connectivity index (χ4n) is 1.74. The van der Waals surface area contributed by atoms with Crippen molar-refractivity contribution in [3.05, 3.63) is 63.6 Å². The van der Waals surface area contributed by atoms with Gasteiger partial charge in [0.2, 0.25) is 0 Å². The lowest BCUT2D eigenvalue weighted by Gasteiger charge is -2.15. The van der Waals surface area contributed by atoms with Crippen LogP contribution in [-0.4, -0.2) is 6.61 Å². The number of hydrogen-bond acceptors (Lipinski definition) is 1. The Hall–Kier alpha value is -1.03. The molecule has 20 heavy (non-hydrogen) atoms. The van der Waals surface area contributed by atoms with Gasteiger partial charge in [-0.15, -0.1) is 11.6 Å². The number of benzene rings is 2. The van der Waals surface area contributed by atoms with Crippen molar-refractivity contribution < 1.29 is 13.5 Å². The molecule has 0 aliphatic heterocycles. The first-order valence-corrected chi connectivity index (χ1v) is 6.81. The largest absolute Gasteiger partial charge is 0.434 e. The molecule has 0 N–H and O–H groups in total. The first-order valence-electron chi connectivity index (χ1n) is 5.62. The molecule has 0 radical (unpaired) electrons. The van der Waals surface area contributed by atoms with E-state index in [1.165, 1.54) is 6.07 Å². The van der Waals surface area contributed by atoms with E-state index >= 15 is 0 Å². The van der Waals surface area contributed by atoms with E-state index < -0.39 is 12.0 Å². The summed E-state index contributed by atoms with van der Waals surface area (Å²) in [6, 6.07) is 11.2. The maximum atomic E-state index is 12.4. The second-order valence-electron chi connectivity index (χ2n) is 3.95. The number of halogens is 5. The van der Waals surface area contributed by atoms with Crippen LogP contribution in [0.1, 0.15) is 16.5 Å². The summed E-state index contributed by atoms with van der Waals surface area (Å²) in [7, 11) is 0. The number of rotatable bonds is 4. The summed E-state index contributed by atoms with van der Waals surface area (Å²) in [5.74, 6) is 0.0357. The molecule has 0 aromatic heterocycles. The highest BCUT2D eigenvalue weighted by Gasteiger charge is 2.18. The molecule has 106 valence electrons. The molecule has 0 spiro atoms. The van der Waals surface area contributed by atoms with Crippen LogP contribution in [0, 0.1) is 0 Å². The molecule has 1 atom stereocenters. The molecule has 1 nitrogen and oxygen atoms in total.